The van der Waals surface area contributed by atoms with Crippen molar-refractivity contribution in [1.29, 1.82) is 0 Å². The molecule has 0 bridgehead atoms. The van der Waals surface area contributed by atoms with E-state index in [-0.39, 0.29) is 10.8 Å². The van der Waals surface area contributed by atoms with Crippen molar-refractivity contribution in [3.8, 4) is 5.75 Å². The highest BCUT2D eigenvalue weighted by molar-refractivity contribution is 7.92. The largest absolute Gasteiger partial charge is 0.495 e. The second-order valence-electron chi connectivity index (χ2n) is 8.07. The van der Waals surface area contributed by atoms with Gasteiger partial charge in [-0.25, -0.2) is 8.42 Å². The number of para-hydroxylation sites is 3. The number of hydrogen-bond acceptors (Lipinski definition) is 5. The van der Waals surface area contributed by atoms with E-state index in [0.29, 0.717) is 22.7 Å². The summed E-state index contributed by atoms with van der Waals surface area (Å²) in [5.41, 5.74) is 4.04. The fourth-order valence-corrected chi connectivity index (χ4v) is 5.45. The van der Waals surface area contributed by atoms with Gasteiger partial charge in [0.2, 0.25) is 0 Å². The molecule has 4 aromatic rings. The summed E-state index contributed by atoms with van der Waals surface area (Å²) >= 11 is 0. The predicted octanol–water partition coefficient (Wildman–Crippen LogP) is 4.79. The molecule has 0 saturated heterocycles. The number of ether oxygens (including phenoxy) is 1. The molecule has 8 heteroatoms. The van der Waals surface area contributed by atoms with Crippen molar-refractivity contribution in [3.05, 3.63) is 89.6 Å². The second kappa shape index (κ2) is 8.79. The van der Waals surface area contributed by atoms with Crippen LogP contribution in [0.2, 0.25) is 0 Å². The van der Waals surface area contributed by atoms with E-state index in [1.807, 2.05) is 24.3 Å². The van der Waals surface area contributed by atoms with Crippen molar-refractivity contribution in [3.63, 3.8) is 0 Å². The molecule has 0 radical (unpaired) electrons. The van der Waals surface area contributed by atoms with Crippen LogP contribution in [0.15, 0.2) is 77.7 Å². The molecule has 172 valence electrons. The Morgan fingerprint density at radius 2 is 1.76 bits per heavy atom. The Kier molecular flexibility index (Phi) is 5.67. The smallest absolute Gasteiger partial charge is 0.262 e. The molecule has 3 aromatic carbocycles. The Hall–Kier alpha value is -3.91. The maximum absolute atomic E-state index is 13.4. The van der Waals surface area contributed by atoms with Gasteiger partial charge < -0.3 is 10.1 Å². The summed E-state index contributed by atoms with van der Waals surface area (Å²) in [6, 6.07) is 20.6. The fourth-order valence-electron chi connectivity index (χ4n) is 4.34. The fraction of sp³-hybridized carbons (Fsp3) is 0.154. The van der Waals surface area contributed by atoms with E-state index in [1.54, 1.807) is 36.4 Å². The minimum atomic E-state index is -3.90. The van der Waals surface area contributed by atoms with Crippen molar-refractivity contribution in [2.24, 2.45) is 0 Å². The molecule has 1 aliphatic rings. The minimum Gasteiger partial charge on any atom is -0.495 e. The Balaban J connectivity index is 1.46. The number of sulfonamides is 1. The number of amides is 1. The summed E-state index contributed by atoms with van der Waals surface area (Å²) in [6.07, 6.45) is 2.61. The van der Waals surface area contributed by atoms with Crippen LogP contribution in [0, 0.1) is 0 Å². The predicted molar refractivity (Wildman–Crippen MR) is 132 cm³/mol. The van der Waals surface area contributed by atoms with Gasteiger partial charge in [-0.05, 0) is 61.2 Å². The first-order valence-electron chi connectivity index (χ1n) is 10.9. The number of aryl methyl sites for hydroxylation is 1. The second-order valence-corrected chi connectivity index (χ2v) is 9.75. The number of hydrogen-bond donors (Lipinski definition) is 2. The Labute approximate surface area is 197 Å². The van der Waals surface area contributed by atoms with E-state index < -0.39 is 10.0 Å². The summed E-state index contributed by atoms with van der Waals surface area (Å²) in [7, 11) is -2.43. The number of anilines is 2. The zero-order valence-corrected chi connectivity index (χ0v) is 19.4. The van der Waals surface area contributed by atoms with Crippen LogP contribution >= 0.6 is 0 Å². The quantitative estimate of drug-likeness (QED) is 0.420. The topological polar surface area (TPSA) is 97.4 Å². The number of carbonyl (C=O) groups excluding carboxylic acids is 1. The van der Waals surface area contributed by atoms with Crippen LogP contribution in [0.1, 0.15) is 28.0 Å². The Morgan fingerprint density at radius 3 is 2.62 bits per heavy atom. The first-order valence-corrected chi connectivity index (χ1v) is 12.4. The van der Waals surface area contributed by atoms with Gasteiger partial charge in [0, 0.05) is 16.8 Å². The summed E-state index contributed by atoms with van der Waals surface area (Å²) in [5.74, 6) is 0.137. The van der Waals surface area contributed by atoms with E-state index in [1.165, 1.54) is 19.2 Å². The van der Waals surface area contributed by atoms with Gasteiger partial charge >= 0.3 is 0 Å². The molecule has 0 saturated carbocycles. The lowest BCUT2D eigenvalue weighted by Gasteiger charge is -2.14. The van der Waals surface area contributed by atoms with Crippen molar-refractivity contribution >= 4 is 38.2 Å². The van der Waals surface area contributed by atoms with E-state index in [4.69, 9.17) is 9.72 Å². The number of nitrogens with zero attached hydrogens (tertiary/aromatic N) is 1. The molecule has 1 aliphatic carbocycles. The van der Waals surface area contributed by atoms with Gasteiger partial charge in [-0.1, -0.05) is 36.4 Å². The average molecular weight is 474 g/mol. The molecule has 1 heterocycles. The lowest BCUT2D eigenvalue weighted by molar-refractivity contribution is 0.102. The van der Waals surface area contributed by atoms with Crippen molar-refractivity contribution in [2.75, 3.05) is 17.1 Å². The molecule has 0 spiro atoms. The first-order chi connectivity index (χ1) is 16.5. The molecule has 0 unspecified atom stereocenters. The number of rotatable bonds is 6. The SMILES string of the molecule is COc1ccccc1NS(=O)(=O)c1cccc(NC(=O)c2c3c(nc4ccccc24)CCC3)c1. The number of benzene rings is 3. The van der Waals surface area contributed by atoms with Crippen LogP contribution in [0.4, 0.5) is 11.4 Å². The van der Waals surface area contributed by atoms with E-state index >= 15 is 0 Å². The highest BCUT2D eigenvalue weighted by atomic mass is 32.2. The molecular weight excluding hydrogens is 450 g/mol. The van der Waals surface area contributed by atoms with Crippen LogP contribution in [0.25, 0.3) is 10.9 Å². The highest BCUT2D eigenvalue weighted by Gasteiger charge is 2.24. The maximum atomic E-state index is 13.4. The molecule has 0 fully saturated rings. The van der Waals surface area contributed by atoms with Crippen molar-refractivity contribution < 1.29 is 17.9 Å². The average Bonchev–Trinajstić information content (AvgIpc) is 3.30. The molecule has 1 aromatic heterocycles. The maximum Gasteiger partial charge on any atom is 0.262 e. The van der Waals surface area contributed by atoms with Gasteiger partial charge in [0.1, 0.15) is 5.75 Å². The normalized spacial score (nSPS) is 12.9. The third-order valence-electron chi connectivity index (χ3n) is 5.90. The van der Waals surface area contributed by atoms with E-state index in [2.05, 4.69) is 10.0 Å². The minimum absolute atomic E-state index is 0.0287. The number of nitrogens with one attached hydrogen (secondary N) is 2. The standard InChI is InChI=1S/C26H23N3O4S/c1-33-24-15-5-4-13-23(24)29-34(31,32)18-9-6-8-17(16-18)27-26(30)25-19-10-2-3-12-21(19)28-22-14-7-11-20(22)25/h2-6,8-10,12-13,15-16,29H,7,11,14H2,1H3,(H,27,30). The molecule has 2 N–H and O–H groups in total. The number of pyridine rings is 1. The van der Waals surface area contributed by atoms with Crippen LogP contribution in [-0.2, 0) is 22.9 Å². The van der Waals surface area contributed by atoms with Gasteiger partial charge in [-0.15, -0.1) is 0 Å². The Morgan fingerprint density at radius 1 is 0.971 bits per heavy atom. The first kappa shape index (κ1) is 21.9. The number of carbonyl (C=O) groups is 1. The van der Waals surface area contributed by atoms with Gasteiger partial charge in [-0.3, -0.25) is 14.5 Å². The monoisotopic (exact) mass is 473 g/mol. The van der Waals surface area contributed by atoms with Crippen LogP contribution in [0.5, 0.6) is 5.75 Å². The van der Waals surface area contributed by atoms with Crippen LogP contribution < -0.4 is 14.8 Å². The van der Waals surface area contributed by atoms with Crippen molar-refractivity contribution in [1.82, 2.24) is 4.98 Å². The van der Waals surface area contributed by atoms with Crippen LogP contribution in [-0.4, -0.2) is 26.4 Å². The van der Waals surface area contributed by atoms with E-state index in [0.717, 1.165) is 41.4 Å². The molecule has 34 heavy (non-hydrogen) atoms. The molecule has 5 rings (SSSR count). The summed E-state index contributed by atoms with van der Waals surface area (Å²) in [6.45, 7) is 0. The lowest BCUT2D eigenvalue weighted by Crippen LogP contribution is -2.17. The number of fused-ring (bicyclic) bond motifs is 2. The molecule has 7 nitrogen and oxygen atoms in total. The zero-order chi connectivity index (χ0) is 23.7. The molecule has 0 atom stereocenters. The summed E-state index contributed by atoms with van der Waals surface area (Å²) in [4.78, 5) is 18.2. The number of methoxy groups -OCH3 is 1. The van der Waals surface area contributed by atoms with Gasteiger partial charge in [0.05, 0.1) is 28.8 Å². The third kappa shape index (κ3) is 4.08. The van der Waals surface area contributed by atoms with Gasteiger partial charge in [0.15, 0.2) is 0 Å². The highest BCUT2D eigenvalue weighted by Crippen LogP contribution is 2.31. The Bertz CT molecular complexity index is 1520. The van der Waals surface area contributed by atoms with Crippen LogP contribution in [0.3, 0.4) is 0 Å². The third-order valence-corrected chi connectivity index (χ3v) is 7.26. The van der Waals surface area contributed by atoms with Gasteiger partial charge in [-0.2, -0.15) is 0 Å². The van der Waals surface area contributed by atoms with Gasteiger partial charge in [0.25, 0.3) is 15.9 Å². The lowest BCUT2D eigenvalue weighted by atomic mass is 10.0. The van der Waals surface area contributed by atoms with E-state index in [9.17, 15) is 13.2 Å². The molecular formula is C26H23N3O4S. The van der Waals surface area contributed by atoms with Crippen molar-refractivity contribution in [2.45, 2.75) is 24.2 Å². The number of aromatic nitrogens is 1. The molecule has 0 aliphatic heterocycles. The molecule has 1 amide bonds. The zero-order valence-electron chi connectivity index (χ0n) is 18.5. The summed E-state index contributed by atoms with van der Waals surface area (Å²) < 4.78 is 33.8. The summed E-state index contributed by atoms with van der Waals surface area (Å²) in [5, 5.41) is 3.69.